The molecule has 0 amide bonds. The van der Waals surface area contributed by atoms with Crippen LogP contribution >= 0.6 is 0 Å². The van der Waals surface area contributed by atoms with Crippen molar-refractivity contribution in [2.45, 2.75) is 71.5 Å². The first-order chi connectivity index (χ1) is 8.54. The van der Waals surface area contributed by atoms with Gasteiger partial charge in [-0.15, -0.1) is 0 Å². The zero-order valence-corrected chi connectivity index (χ0v) is 13.8. The fourth-order valence-electron chi connectivity index (χ4n) is 2.28. The number of aryl methyl sites for hydroxylation is 1. The Morgan fingerprint density at radius 1 is 0.778 bits per heavy atom. The Hall–Kier alpha value is -0.563. The Labute approximate surface area is 115 Å². The lowest BCUT2D eigenvalue weighted by Crippen LogP contribution is -2.37. The molecule has 0 heterocycles. The second-order valence-corrected chi connectivity index (χ2v) is 11.5. The van der Waals surface area contributed by atoms with E-state index < -0.39 is 8.07 Å². The third-order valence-electron chi connectivity index (χ3n) is 3.64. The summed E-state index contributed by atoms with van der Waals surface area (Å²) in [5, 5.41) is 1.58. The first kappa shape index (κ1) is 15.5. The molecule has 0 fully saturated rings. The van der Waals surface area contributed by atoms with Crippen LogP contribution in [0.25, 0.3) is 0 Å². The van der Waals surface area contributed by atoms with E-state index in [2.05, 4.69) is 50.8 Å². The molecule has 102 valence electrons. The minimum absolute atomic E-state index is 1.11. The van der Waals surface area contributed by atoms with Crippen molar-refractivity contribution in [3.8, 4) is 0 Å². The quantitative estimate of drug-likeness (QED) is 0.450. The molecule has 0 aliphatic carbocycles. The molecule has 1 rings (SSSR count). The van der Waals surface area contributed by atoms with Gasteiger partial charge in [0.15, 0.2) is 0 Å². The summed E-state index contributed by atoms with van der Waals surface area (Å²) in [5.41, 5.74) is 1.52. The van der Waals surface area contributed by atoms with Crippen molar-refractivity contribution >= 4 is 13.3 Å². The fraction of sp³-hybridized carbons (Fsp3) is 0.647. The van der Waals surface area contributed by atoms with Gasteiger partial charge in [-0.25, -0.2) is 0 Å². The molecule has 1 aromatic rings. The monoisotopic (exact) mass is 262 g/mol. The van der Waals surface area contributed by atoms with Crippen LogP contribution in [0.1, 0.15) is 51.0 Å². The van der Waals surface area contributed by atoms with Gasteiger partial charge in [-0.1, -0.05) is 88.1 Å². The molecular formula is C17H30Si. The smallest absolute Gasteiger partial charge is 0.0656 e. The average molecular weight is 263 g/mol. The van der Waals surface area contributed by atoms with E-state index in [0.29, 0.717) is 0 Å². The van der Waals surface area contributed by atoms with Gasteiger partial charge < -0.3 is 0 Å². The lowest BCUT2D eigenvalue weighted by molar-refractivity contribution is 0.607. The minimum atomic E-state index is -1.11. The molecule has 0 aromatic heterocycles. The van der Waals surface area contributed by atoms with Gasteiger partial charge in [-0.05, 0) is 18.4 Å². The predicted octanol–water partition coefficient (Wildman–Crippen LogP) is 5.13. The van der Waals surface area contributed by atoms with Crippen LogP contribution in [0.15, 0.2) is 24.3 Å². The molecule has 1 aromatic carbocycles. The first-order valence-corrected chi connectivity index (χ1v) is 11.1. The van der Waals surface area contributed by atoms with Crippen LogP contribution in [-0.2, 0) is 6.42 Å². The molecule has 0 bridgehead atoms. The summed E-state index contributed by atoms with van der Waals surface area (Å²) in [6.07, 6.45) is 9.61. The summed E-state index contributed by atoms with van der Waals surface area (Å²) in [5.74, 6) is 0. The van der Waals surface area contributed by atoms with Crippen molar-refractivity contribution in [3.05, 3.63) is 29.8 Å². The third kappa shape index (κ3) is 5.86. The van der Waals surface area contributed by atoms with Crippen molar-refractivity contribution < 1.29 is 0 Å². The third-order valence-corrected chi connectivity index (χ3v) is 5.70. The molecule has 0 N–H and O–H groups in total. The molecule has 0 atom stereocenters. The van der Waals surface area contributed by atoms with E-state index in [0.717, 1.165) is 0 Å². The van der Waals surface area contributed by atoms with Gasteiger partial charge in [0.1, 0.15) is 0 Å². The van der Waals surface area contributed by atoms with E-state index >= 15 is 0 Å². The summed E-state index contributed by atoms with van der Waals surface area (Å²) in [7, 11) is -1.11. The Bertz CT molecular complexity index is 318. The number of hydrogen-bond donors (Lipinski definition) is 0. The zero-order valence-electron chi connectivity index (χ0n) is 12.8. The summed E-state index contributed by atoms with van der Waals surface area (Å²) < 4.78 is 0. The molecule has 0 aliphatic heterocycles. The zero-order chi connectivity index (χ0) is 13.4. The Kier molecular flexibility index (Phi) is 6.70. The SMILES string of the molecule is CCCCCCCCc1ccc([Si](C)(C)C)cc1. The van der Waals surface area contributed by atoms with Crippen molar-refractivity contribution in [3.63, 3.8) is 0 Å². The molecule has 1 heteroatoms. The van der Waals surface area contributed by atoms with E-state index in [1.165, 1.54) is 50.5 Å². The standard InChI is InChI=1S/C17H30Si/c1-5-6-7-8-9-10-11-16-12-14-17(15-13-16)18(2,3)4/h12-15H,5-11H2,1-4H3. The van der Waals surface area contributed by atoms with Gasteiger partial charge >= 0.3 is 0 Å². The van der Waals surface area contributed by atoms with Crippen molar-refractivity contribution in [1.29, 1.82) is 0 Å². The molecular weight excluding hydrogens is 232 g/mol. The van der Waals surface area contributed by atoms with Gasteiger partial charge in [0.2, 0.25) is 0 Å². The molecule has 0 aliphatic rings. The summed E-state index contributed by atoms with van der Waals surface area (Å²) in [4.78, 5) is 0. The average Bonchev–Trinajstić information content (AvgIpc) is 2.33. The van der Waals surface area contributed by atoms with Crippen LogP contribution in [-0.4, -0.2) is 8.07 Å². The largest absolute Gasteiger partial charge is 0.0775 e. The van der Waals surface area contributed by atoms with Crippen LogP contribution in [0.4, 0.5) is 0 Å². The minimum Gasteiger partial charge on any atom is -0.0656 e. The van der Waals surface area contributed by atoms with Crippen LogP contribution in [0.3, 0.4) is 0 Å². The van der Waals surface area contributed by atoms with Crippen molar-refractivity contribution in [1.82, 2.24) is 0 Å². The predicted molar refractivity (Wildman–Crippen MR) is 86.5 cm³/mol. The number of unbranched alkanes of at least 4 members (excludes halogenated alkanes) is 5. The normalized spacial score (nSPS) is 11.8. The van der Waals surface area contributed by atoms with Gasteiger partial charge in [0, 0.05) is 0 Å². The van der Waals surface area contributed by atoms with E-state index in [1.807, 2.05) is 0 Å². The van der Waals surface area contributed by atoms with Gasteiger partial charge in [-0.3, -0.25) is 0 Å². The maximum Gasteiger partial charge on any atom is 0.0775 e. The highest BCUT2D eigenvalue weighted by Gasteiger charge is 2.15. The molecule has 18 heavy (non-hydrogen) atoms. The number of rotatable bonds is 8. The summed E-state index contributed by atoms with van der Waals surface area (Å²) in [6, 6.07) is 9.41. The Balaban J connectivity index is 2.27. The van der Waals surface area contributed by atoms with Gasteiger partial charge in [0.05, 0.1) is 8.07 Å². The highest BCUT2D eigenvalue weighted by atomic mass is 28.3. The Morgan fingerprint density at radius 3 is 1.89 bits per heavy atom. The second-order valence-electron chi connectivity index (χ2n) is 6.46. The van der Waals surface area contributed by atoms with Crippen molar-refractivity contribution in [2.24, 2.45) is 0 Å². The van der Waals surface area contributed by atoms with E-state index in [9.17, 15) is 0 Å². The topological polar surface area (TPSA) is 0 Å². The van der Waals surface area contributed by atoms with Gasteiger partial charge in [0.25, 0.3) is 0 Å². The number of hydrogen-bond acceptors (Lipinski definition) is 0. The lowest BCUT2D eigenvalue weighted by Gasteiger charge is -2.16. The highest BCUT2D eigenvalue weighted by molar-refractivity contribution is 6.88. The second kappa shape index (κ2) is 7.78. The van der Waals surface area contributed by atoms with E-state index in [1.54, 1.807) is 5.19 Å². The molecule has 0 unspecified atom stereocenters. The summed E-state index contributed by atoms with van der Waals surface area (Å²) in [6.45, 7) is 9.52. The summed E-state index contributed by atoms with van der Waals surface area (Å²) >= 11 is 0. The molecule has 0 saturated carbocycles. The van der Waals surface area contributed by atoms with Crippen molar-refractivity contribution in [2.75, 3.05) is 0 Å². The highest BCUT2D eigenvalue weighted by Crippen LogP contribution is 2.10. The van der Waals surface area contributed by atoms with E-state index in [4.69, 9.17) is 0 Å². The van der Waals surface area contributed by atoms with Crippen LogP contribution in [0.5, 0.6) is 0 Å². The lowest BCUT2D eigenvalue weighted by atomic mass is 10.1. The maximum absolute atomic E-state index is 2.41. The molecule has 0 spiro atoms. The van der Waals surface area contributed by atoms with Gasteiger partial charge in [-0.2, -0.15) is 0 Å². The Morgan fingerprint density at radius 2 is 1.33 bits per heavy atom. The molecule has 0 radical (unpaired) electrons. The molecule has 0 nitrogen and oxygen atoms in total. The maximum atomic E-state index is 2.41. The first-order valence-electron chi connectivity index (χ1n) is 7.63. The van der Waals surface area contributed by atoms with Crippen LogP contribution < -0.4 is 5.19 Å². The van der Waals surface area contributed by atoms with Crippen LogP contribution in [0, 0.1) is 0 Å². The molecule has 0 saturated heterocycles. The van der Waals surface area contributed by atoms with Crippen LogP contribution in [0.2, 0.25) is 19.6 Å². The number of benzene rings is 1. The fourth-order valence-corrected chi connectivity index (χ4v) is 3.45. The van der Waals surface area contributed by atoms with E-state index in [-0.39, 0.29) is 0 Å².